The van der Waals surface area contributed by atoms with Crippen LogP contribution < -0.4 is 9.47 Å². The highest BCUT2D eigenvalue weighted by molar-refractivity contribution is 7.98. The summed E-state index contributed by atoms with van der Waals surface area (Å²) in [5, 5.41) is 10.9. The van der Waals surface area contributed by atoms with Crippen LogP contribution in [0.3, 0.4) is 0 Å². The second-order valence-electron chi connectivity index (χ2n) is 7.48. The van der Waals surface area contributed by atoms with Crippen molar-refractivity contribution in [3.63, 3.8) is 0 Å². The van der Waals surface area contributed by atoms with Gasteiger partial charge in [0, 0.05) is 28.4 Å². The fourth-order valence-electron chi connectivity index (χ4n) is 3.91. The molecule has 1 heterocycles. The molecule has 3 aromatic rings. The summed E-state index contributed by atoms with van der Waals surface area (Å²) in [5.41, 5.74) is 2.18. The van der Waals surface area contributed by atoms with Crippen molar-refractivity contribution in [3.05, 3.63) is 53.1 Å². The SMILES string of the molecule is COc1cc(OC)cc(-c2nnc(SCc3ccc(Cl)cc3)n2C2CCCCC2)c1. The second kappa shape index (κ2) is 9.75. The first-order valence-corrected chi connectivity index (χ1v) is 11.6. The monoisotopic (exact) mass is 443 g/mol. The van der Waals surface area contributed by atoms with Crippen LogP contribution in [0.25, 0.3) is 11.4 Å². The number of thioether (sulfide) groups is 1. The van der Waals surface area contributed by atoms with E-state index in [0.29, 0.717) is 6.04 Å². The third-order valence-corrected chi connectivity index (χ3v) is 6.76. The van der Waals surface area contributed by atoms with Gasteiger partial charge in [0.25, 0.3) is 0 Å². The molecule has 0 unspecified atom stereocenters. The summed E-state index contributed by atoms with van der Waals surface area (Å²) in [7, 11) is 3.33. The van der Waals surface area contributed by atoms with E-state index in [-0.39, 0.29) is 0 Å². The van der Waals surface area contributed by atoms with Crippen molar-refractivity contribution >= 4 is 23.4 Å². The van der Waals surface area contributed by atoms with Gasteiger partial charge in [0.1, 0.15) is 11.5 Å². The van der Waals surface area contributed by atoms with Gasteiger partial charge in [0.2, 0.25) is 0 Å². The van der Waals surface area contributed by atoms with Crippen LogP contribution in [0.15, 0.2) is 47.6 Å². The van der Waals surface area contributed by atoms with Crippen molar-refractivity contribution in [1.82, 2.24) is 14.8 Å². The Morgan fingerprint density at radius 3 is 2.27 bits per heavy atom. The van der Waals surface area contributed by atoms with E-state index in [1.165, 1.54) is 24.8 Å². The fraction of sp³-hybridized carbons (Fsp3) is 0.391. The molecular weight excluding hydrogens is 418 g/mol. The molecule has 0 bridgehead atoms. The number of aromatic nitrogens is 3. The van der Waals surface area contributed by atoms with E-state index in [1.807, 2.05) is 30.3 Å². The van der Waals surface area contributed by atoms with Gasteiger partial charge in [-0.3, -0.25) is 4.57 Å². The lowest BCUT2D eigenvalue weighted by Gasteiger charge is -2.25. The van der Waals surface area contributed by atoms with E-state index in [4.69, 9.17) is 21.1 Å². The zero-order valence-corrected chi connectivity index (χ0v) is 18.9. The average molecular weight is 444 g/mol. The molecule has 0 spiro atoms. The molecule has 0 saturated heterocycles. The lowest BCUT2D eigenvalue weighted by Crippen LogP contribution is -2.15. The Morgan fingerprint density at radius 1 is 0.967 bits per heavy atom. The first-order valence-electron chi connectivity index (χ1n) is 10.2. The van der Waals surface area contributed by atoms with E-state index >= 15 is 0 Å². The third kappa shape index (κ3) is 4.76. The molecule has 1 aromatic heterocycles. The standard InChI is InChI=1S/C23H26ClN3O2S/c1-28-20-12-17(13-21(14-20)29-2)22-25-26-23(27(22)19-6-4-3-5-7-19)30-15-16-8-10-18(24)11-9-16/h8-14,19H,3-7,15H2,1-2H3. The topological polar surface area (TPSA) is 49.2 Å². The van der Waals surface area contributed by atoms with Crippen LogP contribution in [0.2, 0.25) is 5.02 Å². The largest absolute Gasteiger partial charge is 0.497 e. The quantitative estimate of drug-likeness (QED) is 0.394. The molecule has 1 aliphatic rings. The summed E-state index contributed by atoms with van der Waals surface area (Å²) in [6.45, 7) is 0. The molecule has 7 heteroatoms. The summed E-state index contributed by atoms with van der Waals surface area (Å²) >= 11 is 7.74. The van der Waals surface area contributed by atoms with Gasteiger partial charge >= 0.3 is 0 Å². The van der Waals surface area contributed by atoms with Crippen LogP contribution in [0.1, 0.15) is 43.7 Å². The minimum atomic E-state index is 0.411. The molecule has 4 rings (SSSR count). The van der Waals surface area contributed by atoms with E-state index in [1.54, 1.807) is 26.0 Å². The Bertz CT molecular complexity index is 962. The minimum Gasteiger partial charge on any atom is -0.497 e. The molecule has 2 aromatic carbocycles. The van der Waals surface area contributed by atoms with E-state index in [9.17, 15) is 0 Å². The Kier molecular flexibility index (Phi) is 6.85. The first kappa shape index (κ1) is 21.1. The summed E-state index contributed by atoms with van der Waals surface area (Å²) < 4.78 is 13.3. The number of nitrogens with zero attached hydrogens (tertiary/aromatic N) is 3. The van der Waals surface area contributed by atoms with Crippen molar-refractivity contribution in [2.45, 2.75) is 49.1 Å². The summed E-state index contributed by atoms with van der Waals surface area (Å²) in [5.74, 6) is 3.19. The van der Waals surface area contributed by atoms with Crippen LogP contribution in [-0.2, 0) is 5.75 Å². The molecule has 1 aliphatic carbocycles. The van der Waals surface area contributed by atoms with Gasteiger partial charge in [-0.25, -0.2) is 0 Å². The maximum Gasteiger partial charge on any atom is 0.192 e. The molecule has 158 valence electrons. The minimum absolute atomic E-state index is 0.411. The number of methoxy groups -OCH3 is 2. The molecule has 0 radical (unpaired) electrons. The van der Waals surface area contributed by atoms with Crippen molar-refractivity contribution in [1.29, 1.82) is 0 Å². The van der Waals surface area contributed by atoms with Crippen LogP contribution >= 0.6 is 23.4 Å². The van der Waals surface area contributed by atoms with Gasteiger partial charge in [-0.15, -0.1) is 10.2 Å². The van der Waals surface area contributed by atoms with Gasteiger partial charge in [0.15, 0.2) is 11.0 Å². The van der Waals surface area contributed by atoms with Crippen molar-refractivity contribution in [3.8, 4) is 22.9 Å². The van der Waals surface area contributed by atoms with Crippen LogP contribution in [0, 0.1) is 0 Å². The number of rotatable bonds is 7. The maximum atomic E-state index is 6.02. The molecule has 0 amide bonds. The van der Waals surface area contributed by atoms with Crippen LogP contribution in [0.4, 0.5) is 0 Å². The molecule has 1 saturated carbocycles. The highest BCUT2D eigenvalue weighted by atomic mass is 35.5. The number of halogens is 1. The third-order valence-electron chi connectivity index (χ3n) is 5.50. The van der Waals surface area contributed by atoms with E-state index < -0.39 is 0 Å². The van der Waals surface area contributed by atoms with Crippen molar-refractivity contribution in [2.24, 2.45) is 0 Å². The maximum absolute atomic E-state index is 6.02. The van der Waals surface area contributed by atoms with E-state index in [0.717, 1.165) is 51.7 Å². The number of benzene rings is 2. The smallest absolute Gasteiger partial charge is 0.192 e. The lowest BCUT2D eigenvalue weighted by atomic mass is 9.95. The molecule has 5 nitrogen and oxygen atoms in total. The zero-order valence-electron chi connectivity index (χ0n) is 17.3. The number of hydrogen-bond acceptors (Lipinski definition) is 5. The predicted molar refractivity (Wildman–Crippen MR) is 122 cm³/mol. The molecule has 0 aliphatic heterocycles. The summed E-state index contributed by atoms with van der Waals surface area (Å²) in [4.78, 5) is 0. The van der Waals surface area contributed by atoms with Crippen molar-refractivity contribution in [2.75, 3.05) is 14.2 Å². The number of hydrogen-bond donors (Lipinski definition) is 0. The van der Waals surface area contributed by atoms with Gasteiger partial charge in [-0.05, 0) is 42.7 Å². The average Bonchev–Trinajstić information content (AvgIpc) is 3.23. The molecular formula is C23H26ClN3O2S. The summed E-state index contributed by atoms with van der Waals surface area (Å²) in [6.07, 6.45) is 6.09. The van der Waals surface area contributed by atoms with E-state index in [2.05, 4.69) is 26.9 Å². The zero-order chi connectivity index (χ0) is 20.9. The highest BCUT2D eigenvalue weighted by Crippen LogP contribution is 2.38. The first-order chi connectivity index (χ1) is 14.7. The Hall–Kier alpha value is -2.18. The van der Waals surface area contributed by atoms with Gasteiger partial charge in [-0.1, -0.05) is 54.8 Å². The van der Waals surface area contributed by atoms with Crippen molar-refractivity contribution < 1.29 is 9.47 Å². The molecule has 0 N–H and O–H groups in total. The summed E-state index contributed by atoms with van der Waals surface area (Å²) in [6, 6.07) is 14.3. The van der Waals surface area contributed by atoms with Crippen LogP contribution in [0.5, 0.6) is 11.5 Å². The van der Waals surface area contributed by atoms with Crippen LogP contribution in [-0.4, -0.2) is 29.0 Å². The number of ether oxygens (including phenoxy) is 2. The molecule has 30 heavy (non-hydrogen) atoms. The second-order valence-corrected chi connectivity index (χ2v) is 8.86. The normalized spacial score (nSPS) is 14.6. The van der Waals surface area contributed by atoms with Gasteiger partial charge in [-0.2, -0.15) is 0 Å². The predicted octanol–water partition coefficient (Wildman–Crippen LogP) is 6.41. The lowest BCUT2D eigenvalue weighted by molar-refractivity contribution is 0.339. The Balaban J connectivity index is 1.69. The fourth-order valence-corrected chi connectivity index (χ4v) is 4.99. The van der Waals surface area contributed by atoms with Gasteiger partial charge in [0.05, 0.1) is 14.2 Å². The Labute approximate surface area is 186 Å². The molecule has 0 atom stereocenters. The molecule has 1 fully saturated rings. The Morgan fingerprint density at radius 2 is 1.63 bits per heavy atom. The van der Waals surface area contributed by atoms with Gasteiger partial charge < -0.3 is 9.47 Å². The highest BCUT2D eigenvalue weighted by Gasteiger charge is 2.24.